The molecule has 2 aromatic rings. The number of methoxy groups -OCH3 is 2. The van der Waals surface area contributed by atoms with E-state index < -0.39 is 0 Å². The summed E-state index contributed by atoms with van der Waals surface area (Å²) in [4.78, 5) is 15.3. The van der Waals surface area contributed by atoms with E-state index in [0.717, 1.165) is 42.3 Å². The second-order valence-corrected chi connectivity index (χ2v) is 8.46. The summed E-state index contributed by atoms with van der Waals surface area (Å²) < 4.78 is 11.1. The fourth-order valence-electron chi connectivity index (χ4n) is 4.37. The van der Waals surface area contributed by atoms with Gasteiger partial charge in [-0.3, -0.25) is 4.90 Å². The quantitative estimate of drug-likeness (QED) is 0.670. The van der Waals surface area contributed by atoms with Crippen molar-refractivity contribution in [1.82, 2.24) is 10.2 Å². The average Bonchev–Trinajstić information content (AvgIpc) is 2.77. The maximum atomic E-state index is 12.9. The third kappa shape index (κ3) is 5.13. The molecule has 2 N–H and O–H groups in total. The molecule has 3 rings (SSSR count). The molecule has 31 heavy (non-hydrogen) atoms. The Hall–Kier alpha value is -2.73. The van der Waals surface area contributed by atoms with Gasteiger partial charge in [0.2, 0.25) is 0 Å². The summed E-state index contributed by atoms with van der Waals surface area (Å²) in [7, 11) is 3.32. The van der Waals surface area contributed by atoms with Gasteiger partial charge in [-0.25, -0.2) is 4.79 Å². The first-order valence-electron chi connectivity index (χ1n) is 11.0. The number of amides is 2. The average molecular weight is 426 g/mol. The number of hydrogen-bond acceptors (Lipinski definition) is 4. The fraction of sp³-hybridized carbons (Fsp3) is 0.480. The molecule has 2 amide bonds. The van der Waals surface area contributed by atoms with Gasteiger partial charge in [0.05, 0.1) is 26.3 Å². The smallest absolute Gasteiger partial charge is 0.319 e. The minimum absolute atomic E-state index is 0.0531. The SMILES string of the molecule is CCN1CCc2cc(OC)c(OC)cc2[C@H]1[C@H](NC(=O)Nc1ccc(C)cc1)C(C)C. The van der Waals surface area contributed by atoms with Crippen molar-refractivity contribution in [3.05, 3.63) is 53.1 Å². The summed E-state index contributed by atoms with van der Waals surface area (Å²) >= 11 is 0. The van der Waals surface area contributed by atoms with Crippen LogP contribution in [0.1, 0.15) is 43.5 Å². The first kappa shape index (κ1) is 22.9. The fourth-order valence-corrected chi connectivity index (χ4v) is 4.37. The number of carbonyl (C=O) groups is 1. The molecule has 1 heterocycles. The maximum absolute atomic E-state index is 12.9. The monoisotopic (exact) mass is 425 g/mol. The zero-order valence-electron chi connectivity index (χ0n) is 19.5. The van der Waals surface area contributed by atoms with Crippen LogP contribution in [0, 0.1) is 12.8 Å². The van der Waals surface area contributed by atoms with Crippen LogP contribution in [0.3, 0.4) is 0 Å². The number of nitrogens with one attached hydrogen (secondary N) is 2. The number of urea groups is 1. The Morgan fingerprint density at radius 3 is 2.35 bits per heavy atom. The Bertz CT molecular complexity index is 896. The van der Waals surface area contributed by atoms with Gasteiger partial charge >= 0.3 is 6.03 Å². The van der Waals surface area contributed by atoms with Gasteiger partial charge in [0.15, 0.2) is 11.5 Å². The van der Waals surface area contributed by atoms with Crippen molar-refractivity contribution in [1.29, 1.82) is 0 Å². The summed E-state index contributed by atoms with van der Waals surface area (Å²) in [5.74, 6) is 1.70. The topological polar surface area (TPSA) is 62.8 Å². The van der Waals surface area contributed by atoms with Gasteiger partial charge in [-0.05, 0) is 61.2 Å². The highest BCUT2D eigenvalue weighted by atomic mass is 16.5. The number of nitrogens with zero attached hydrogens (tertiary/aromatic N) is 1. The minimum atomic E-state index is -0.189. The van der Waals surface area contributed by atoms with Crippen LogP contribution in [0.25, 0.3) is 0 Å². The summed E-state index contributed by atoms with van der Waals surface area (Å²) in [6.45, 7) is 10.3. The van der Waals surface area contributed by atoms with Gasteiger partial charge < -0.3 is 20.1 Å². The largest absolute Gasteiger partial charge is 0.493 e. The van der Waals surface area contributed by atoms with Gasteiger partial charge in [0.25, 0.3) is 0 Å². The van der Waals surface area contributed by atoms with Crippen molar-refractivity contribution >= 4 is 11.7 Å². The van der Waals surface area contributed by atoms with Crippen LogP contribution in [0.15, 0.2) is 36.4 Å². The molecule has 0 spiro atoms. The molecule has 6 heteroatoms. The second-order valence-electron chi connectivity index (χ2n) is 8.46. The molecule has 6 nitrogen and oxygen atoms in total. The Morgan fingerprint density at radius 1 is 1.13 bits per heavy atom. The van der Waals surface area contributed by atoms with Gasteiger partial charge in [-0.1, -0.05) is 38.5 Å². The standard InChI is InChI=1S/C25H35N3O3/c1-7-28-13-12-18-14-21(30-5)22(31-6)15-20(18)24(28)23(16(2)3)27-25(29)26-19-10-8-17(4)9-11-19/h8-11,14-16,23-24H,7,12-13H2,1-6H3,(H2,26,27,29)/t23-,24+/m1/s1. The van der Waals surface area contributed by atoms with E-state index in [-0.39, 0.29) is 24.0 Å². The lowest BCUT2D eigenvalue weighted by Gasteiger charge is -2.43. The second kappa shape index (κ2) is 10.1. The third-order valence-corrected chi connectivity index (χ3v) is 6.10. The molecule has 0 unspecified atom stereocenters. The van der Waals surface area contributed by atoms with E-state index in [9.17, 15) is 4.79 Å². The zero-order chi connectivity index (χ0) is 22.5. The molecular formula is C25H35N3O3. The molecule has 0 aromatic heterocycles. The van der Waals surface area contributed by atoms with Crippen molar-refractivity contribution < 1.29 is 14.3 Å². The van der Waals surface area contributed by atoms with E-state index in [0.29, 0.717) is 0 Å². The number of rotatable bonds is 7. The van der Waals surface area contributed by atoms with Crippen LogP contribution < -0.4 is 20.1 Å². The van der Waals surface area contributed by atoms with E-state index >= 15 is 0 Å². The van der Waals surface area contributed by atoms with E-state index in [1.165, 1.54) is 11.1 Å². The summed E-state index contributed by atoms with van der Waals surface area (Å²) in [5, 5.41) is 6.23. The molecule has 0 aliphatic carbocycles. The Labute approximate surface area is 185 Å². The molecule has 0 saturated carbocycles. The highest BCUT2D eigenvalue weighted by Crippen LogP contribution is 2.40. The molecule has 2 aromatic carbocycles. The number of hydrogen-bond donors (Lipinski definition) is 2. The van der Waals surface area contributed by atoms with Crippen LogP contribution in [0.2, 0.25) is 0 Å². The van der Waals surface area contributed by atoms with Crippen LogP contribution >= 0.6 is 0 Å². The predicted molar refractivity (Wildman–Crippen MR) is 125 cm³/mol. The van der Waals surface area contributed by atoms with E-state index in [4.69, 9.17) is 9.47 Å². The first-order chi connectivity index (χ1) is 14.9. The molecule has 1 aliphatic heterocycles. The molecule has 0 radical (unpaired) electrons. The zero-order valence-corrected chi connectivity index (χ0v) is 19.5. The summed E-state index contributed by atoms with van der Waals surface area (Å²) in [6, 6.07) is 11.8. The number of benzene rings is 2. The lowest BCUT2D eigenvalue weighted by Crippen LogP contribution is -2.52. The van der Waals surface area contributed by atoms with Crippen LogP contribution in [0.4, 0.5) is 10.5 Å². The third-order valence-electron chi connectivity index (χ3n) is 6.10. The van der Waals surface area contributed by atoms with Crippen LogP contribution in [0.5, 0.6) is 11.5 Å². The lowest BCUT2D eigenvalue weighted by atomic mass is 9.83. The van der Waals surface area contributed by atoms with E-state index in [1.807, 2.05) is 31.2 Å². The number of likely N-dealkylation sites (N-methyl/N-ethyl adjacent to an activating group) is 1. The number of anilines is 1. The predicted octanol–water partition coefficient (Wildman–Crippen LogP) is 4.78. The highest BCUT2D eigenvalue weighted by molar-refractivity contribution is 5.89. The molecule has 2 atom stereocenters. The van der Waals surface area contributed by atoms with Crippen LogP contribution in [-0.2, 0) is 6.42 Å². The molecular weight excluding hydrogens is 390 g/mol. The van der Waals surface area contributed by atoms with Crippen molar-refractivity contribution in [2.24, 2.45) is 5.92 Å². The van der Waals surface area contributed by atoms with Crippen molar-refractivity contribution in [2.45, 2.75) is 46.2 Å². The Kier molecular flexibility index (Phi) is 7.44. The molecule has 0 bridgehead atoms. The number of ether oxygens (including phenoxy) is 2. The number of fused-ring (bicyclic) bond motifs is 1. The van der Waals surface area contributed by atoms with Gasteiger partial charge in [0.1, 0.15) is 0 Å². The molecule has 1 aliphatic rings. The first-order valence-corrected chi connectivity index (χ1v) is 11.0. The molecule has 0 fully saturated rings. The van der Waals surface area contributed by atoms with Gasteiger partial charge in [-0.15, -0.1) is 0 Å². The lowest BCUT2D eigenvalue weighted by molar-refractivity contribution is 0.134. The molecule has 168 valence electrons. The number of carbonyl (C=O) groups excluding carboxylic acids is 1. The van der Waals surface area contributed by atoms with E-state index in [2.05, 4.69) is 48.4 Å². The van der Waals surface area contributed by atoms with Crippen molar-refractivity contribution in [3.63, 3.8) is 0 Å². The van der Waals surface area contributed by atoms with Crippen LogP contribution in [-0.4, -0.2) is 44.3 Å². The number of aryl methyl sites for hydroxylation is 1. The van der Waals surface area contributed by atoms with Gasteiger partial charge in [-0.2, -0.15) is 0 Å². The summed E-state index contributed by atoms with van der Waals surface area (Å²) in [6.07, 6.45) is 0.945. The summed E-state index contributed by atoms with van der Waals surface area (Å²) in [5.41, 5.74) is 4.39. The van der Waals surface area contributed by atoms with Gasteiger partial charge in [0, 0.05) is 12.2 Å². The Balaban J connectivity index is 1.91. The molecule has 0 saturated heterocycles. The normalized spacial score (nSPS) is 17.1. The van der Waals surface area contributed by atoms with E-state index in [1.54, 1.807) is 14.2 Å². The van der Waals surface area contributed by atoms with Crippen molar-refractivity contribution in [3.8, 4) is 11.5 Å². The highest BCUT2D eigenvalue weighted by Gasteiger charge is 2.36. The maximum Gasteiger partial charge on any atom is 0.319 e. The van der Waals surface area contributed by atoms with Crippen molar-refractivity contribution in [2.75, 3.05) is 32.6 Å². The Morgan fingerprint density at radius 2 is 1.77 bits per heavy atom. The minimum Gasteiger partial charge on any atom is -0.493 e.